The van der Waals surface area contributed by atoms with Crippen LogP contribution < -0.4 is 5.32 Å². The Morgan fingerprint density at radius 2 is 2.00 bits per heavy atom. The molecule has 1 atom stereocenters. The minimum absolute atomic E-state index is 0.395. The molecule has 4 heteroatoms. The molecule has 0 radical (unpaired) electrons. The van der Waals surface area contributed by atoms with Crippen LogP contribution in [-0.2, 0) is 0 Å². The summed E-state index contributed by atoms with van der Waals surface area (Å²) in [5.41, 5.74) is 1.79. The zero-order chi connectivity index (χ0) is 13.8. The van der Waals surface area contributed by atoms with E-state index in [4.69, 9.17) is 0 Å². The van der Waals surface area contributed by atoms with E-state index in [1.807, 2.05) is 0 Å². The lowest BCUT2D eigenvalue weighted by molar-refractivity contribution is 0.332. The number of hydrogen-bond donors (Lipinski definition) is 1. The van der Waals surface area contributed by atoms with E-state index in [1.165, 1.54) is 32.4 Å². The van der Waals surface area contributed by atoms with Crippen molar-refractivity contribution in [2.24, 2.45) is 5.41 Å². The van der Waals surface area contributed by atoms with Crippen molar-refractivity contribution in [2.75, 3.05) is 6.54 Å². The molecule has 104 valence electrons. The van der Waals surface area contributed by atoms with Gasteiger partial charge in [-0.15, -0.1) is 11.3 Å². The molecule has 0 spiro atoms. The molecular weight excluding hydrogens is 374 g/mol. The van der Waals surface area contributed by atoms with Gasteiger partial charge in [0.05, 0.1) is 7.57 Å². The quantitative estimate of drug-likeness (QED) is 0.608. The van der Waals surface area contributed by atoms with Gasteiger partial charge in [-0.1, -0.05) is 27.7 Å². The topological polar surface area (TPSA) is 12.0 Å². The Kier molecular flexibility index (Phi) is 6.87. The lowest BCUT2D eigenvalue weighted by atomic mass is 9.87. The fourth-order valence-corrected chi connectivity index (χ4v) is 4.83. The van der Waals surface area contributed by atoms with Gasteiger partial charge in [-0.05, 0) is 74.7 Å². The molecule has 1 aromatic heterocycles. The molecule has 1 heterocycles. The summed E-state index contributed by atoms with van der Waals surface area (Å²) >= 11 is 9.01. The van der Waals surface area contributed by atoms with E-state index in [9.17, 15) is 0 Å². The normalized spacial score (nSPS) is 13.9. The molecule has 18 heavy (non-hydrogen) atoms. The average molecular weight is 397 g/mol. The van der Waals surface area contributed by atoms with E-state index < -0.39 is 0 Å². The monoisotopic (exact) mass is 395 g/mol. The lowest BCUT2D eigenvalue weighted by Gasteiger charge is -2.24. The fraction of sp³-hybridized carbons (Fsp3) is 0.714. The minimum atomic E-state index is 0.395. The molecule has 0 aliphatic carbocycles. The maximum atomic E-state index is 3.68. The standard InChI is InChI=1S/C14H23Br2NS/c1-5-8-17-11(6-7-14(2,3)4)10-9-12(15)18-13(10)16/h9,11,17H,5-8H2,1-4H3. The van der Waals surface area contributed by atoms with Crippen LogP contribution in [0.4, 0.5) is 0 Å². The first-order chi connectivity index (χ1) is 8.33. The zero-order valence-corrected chi connectivity index (χ0v) is 15.6. The number of rotatable bonds is 6. The maximum absolute atomic E-state index is 3.68. The summed E-state index contributed by atoms with van der Waals surface area (Å²) in [5, 5.41) is 3.67. The molecule has 0 aliphatic heterocycles. The largest absolute Gasteiger partial charge is 0.310 e. The van der Waals surface area contributed by atoms with Crippen molar-refractivity contribution in [1.82, 2.24) is 5.32 Å². The third-order valence-electron chi connectivity index (χ3n) is 2.88. The molecule has 0 bridgehead atoms. The number of hydrogen-bond acceptors (Lipinski definition) is 2. The second-order valence-electron chi connectivity index (χ2n) is 5.89. The summed E-state index contributed by atoms with van der Waals surface area (Å²) in [6.07, 6.45) is 3.59. The molecule has 0 fully saturated rings. The van der Waals surface area contributed by atoms with Gasteiger partial charge in [0.15, 0.2) is 0 Å². The summed E-state index contributed by atoms with van der Waals surface area (Å²) in [4.78, 5) is 0. The summed E-state index contributed by atoms with van der Waals surface area (Å²) in [7, 11) is 0. The van der Waals surface area contributed by atoms with Crippen molar-refractivity contribution >= 4 is 43.2 Å². The Morgan fingerprint density at radius 3 is 2.44 bits per heavy atom. The predicted octanol–water partition coefficient (Wildman–Crippen LogP) is 6.14. The fourth-order valence-electron chi connectivity index (χ4n) is 1.85. The van der Waals surface area contributed by atoms with Crippen molar-refractivity contribution < 1.29 is 0 Å². The zero-order valence-electron chi connectivity index (χ0n) is 11.6. The third-order valence-corrected chi connectivity index (χ3v) is 5.27. The molecule has 1 N–H and O–H groups in total. The van der Waals surface area contributed by atoms with E-state index in [0.29, 0.717) is 11.5 Å². The van der Waals surface area contributed by atoms with Crippen LogP contribution in [-0.4, -0.2) is 6.54 Å². The molecule has 0 aliphatic rings. The number of thiophene rings is 1. The van der Waals surface area contributed by atoms with Crippen molar-refractivity contribution in [3.05, 3.63) is 19.2 Å². The smallest absolute Gasteiger partial charge is 0.0758 e. The van der Waals surface area contributed by atoms with Gasteiger partial charge in [0.25, 0.3) is 0 Å². The molecule has 0 amide bonds. The van der Waals surface area contributed by atoms with E-state index >= 15 is 0 Å². The molecule has 0 saturated carbocycles. The van der Waals surface area contributed by atoms with Crippen molar-refractivity contribution in [2.45, 2.75) is 53.0 Å². The Hall–Kier alpha value is 0.620. The Balaban J connectivity index is 2.74. The number of halogens is 2. The first kappa shape index (κ1) is 16.7. The van der Waals surface area contributed by atoms with Crippen molar-refractivity contribution in [3.63, 3.8) is 0 Å². The van der Waals surface area contributed by atoms with Gasteiger partial charge in [-0.2, -0.15) is 0 Å². The second kappa shape index (κ2) is 7.41. The van der Waals surface area contributed by atoms with Crippen LogP contribution in [0.15, 0.2) is 13.6 Å². The molecular formula is C14H23Br2NS. The summed E-state index contributed by atoms with van der Waals surface area (Å²) in [6.45, 7) is 10.2. The van der Waals surface area contributed by atoms with Crippen LogP contribution in [0.25, 0.3) is 0 Å². The predicted molar refractivity (Wildman–Crippen MR) is 89.4 cm³/mol. The van der Waals surface area contributed by atoms with Crippen LogP contribution in [0, 0.1) is 5.41 Å². The Bertz CT molecular complexity index is 368. The molecule has 0 saturated heterocycles. The minimum Gasteiger partial charge on any atom is -0.310 e. The summed E-state index contributed by atoms with van der Waals surface area (Å²) in [5.74, 6) is 0. The van der Waals surface area contributed by atoms with Crippen LogP contribution >= 0.6 is 43.2 Å². The summed E-state index contributed by atoms with van der Waals surface area (Å²) in [6, 6.07) is 2.70. The maximum Gasteiger partial charge on any atom is 0.0758 e. The molecule has 1 nitrogen and oxygen atoms in total. The lowest BCUT2D eigenvalue weighted by Crippen LogP contribution is -2.23. The number of nitrogens with one attached hydrogen (secondary N) is 1. The van der Waals surface area contributed by atoms with E-state index in [2.05, 4.69) is 70.9 Å². The van der Waals surface area contributed by atoms with Gasteiger partial charge in [-0.25, -0.2) is 0 Å². The van der Waals surface area contributed by atoms with Gasteiger partial charge in [0.1, 0.15) is 0 Å². The highest BCUT2D eigenvalue weighted by Gasteiger charge is 2.19. The Morgan fingerprint density at radius 1 is 1.33 bits per heavy atom. The molecule has 1 aromatic rings. The third kappa shape index (κ3) is 5.72. The van der Waals surface area contributed by atoms with Gasteiger partial charge in [0.2, 0.25) is 0 Å². The molecule has 1 rings (SSSR count). The second-order valence-corrected chi connectivity index (χ2v) is 9.63. The van der Waals surface area contributed by atoms with E-state index in [0.717, 1.165) is 6.54 Å². The van der Waals surface area contributed by atoms with Gasteiger partial charge < -0.3 is 5.32 Å². The Labute approximate surface area is 132 Å². The first-order valence-electron chi connectivity index (χ1n) is 6.51. The summed E-state index contributed by atoms with van der Waals surface area (Å²) < 4.78 is 2.44. The van der Waals surface area contributed by atoms with Crippen LogP contribution in [0.3, 0.4) is 0 Å². The van der Waals surface area contributed by atoms with E-state index in [-0.39, 0.29) is 0 Å². The van der Waals surface area contributed by atoms with Gasteiger partial charge in [-0.3, -0.25) is 0 Å². The van der Waals surface area contributed by atoms with Crippen LogP contribution in [0.5, 0.6) is 0 Å². The SMILES string of the molecule is CCCNC(CCC(C)(C)C)c1cc(Br)sc1Br. The highest BCUT2D eigenvalue weighted by molar-refractivity contribution is 9.12. The van der Waals surface area contributed by atoms with Crippen LogP contribution in [0.2, 0.25) is 0 Å². The van der Waals surface area contributed by atoms with Crippen molar-refractivity contribution in [1.29, 1.82) is 0 Å². The van der Waals surface area contributed by atoms with Gasteiger partial charge in [0, 0.05) is 6.04 Å². The van der Waals surface area contributed by atoms with Gasteiger partial charge >= 0.3 is 0 Å². The first-order valence-corrected chi connectivity index (χ1v) is 8.92. The van der Waals surface area contributed by atoms with Crippen molar-refractivity contribution in [3.8, 4) is 0 Å². The highest BCUT2D eigenvalue weighted by Crippen LogP contribution is 2.38. The average Bonchev–Trinajstić information content (AvgIpc) is 2.57. The highest BCUT2D eigenvalue weighted by atomic mass is 79.9. The van der Waals surface area contributed by atoms with E-state index in [1.54, 1.807) is 11.3 Å². The van der Waals surface area contributed by atoms with Crippen LogP contribution in [0.1, 0.15) is 58.6 Å². The molecule has 0 aromatic carbocycles. The molecule has 1 unspecified atom stereocenters.